The maximum Gasteiger partial charge on any atom is 0.232 e. The van der Waals surface area contributed by atoms with Crippen LogP contribution in [0.15, 0.2) is 0 Å². The number of rotatable bonds is 2. The highest BCUT2D eigenvalue weighted by molar-refractivity contribution is 8.13. The first kappa shape index (κ1) is 9.29. The summed E-state index contributed by atoms with van der Waals surface area (Å²) in [5, 5.41) is 0. The largest absolute Gasteiger partial charge is 0.378 e. The molecule has 0 aliphatic carbocycles. The van der Waals surface area contributed by atoms with Crippen LogP contribution in [0.4, 0.5) is 0 Å². The lowest BCUT2D eigenvalue weighted by atomic mass is 10.1. The van der Waals surface area contributed by atoms with Gasteiger partial charge in [0.05, 0.1) is 11.9 Å². The molecule has 1 aliphatic rings. The fourth-order valence-electron chi connectivity index (χ4n) is 1.25. The van der Waals surface area contributed by atoms with Gasteiger partial charge in [0.2, 0.25) is 9.05 Å². The zero-order valence-electron chi connectivity index (χ0n) is 6.29. The van der Waals surface area contributed by atoms with Gasteiger partial charge in [-0.2, -0.15) is 0 Å². The van der Waals surface area contributed by atoms with E-state index in [0.29, 0.717) is 6.61 Å². The van der Waals surface area contributed by atoms with Crippen LogP contribution in [0, 0.1) is 5.92 Å². The molecule has 0 amide bonds. The molecule has 1 heterocycles. The lowest BCUT2D eigenvalue weighted by Gasteiger charge is -2.10. The molecule has 5 heteroatoms. The molecule has 0 saturated carbocycles. The Morgan fingerprint density at radius 1 is 1.64 bits per heavy atom. The van der Waals surface area contributed by atoms with Crippen molar-refractivity contribution in [3.8, 4) is 0 Å². The molecular weight excluding hydrogens is 188 g/mol. The normalized spacial score (nSPS) is 32.5. The Kier molecular flexibility index (Phi) is 2.78. The average Bonchev–Trinajstić information content (AvgIpc) is 2.12. The van der Waals surface area contributed by atoms with Crippen LogP contribution in [0.25, 0.3) is 0 Å². The van der Waals surface area contributed by atoms with E-state index in [4.69, 9.17) is 15.4 Å². The third-order valence-corrected chi connectivity index (χ3v) is 3.15. The smallest absolute Gasteiger partial charge is 0.232 e. The van der Waals surface area contributed by atoms with E-state index in [9.17, 15) is 8.42 Å². The van der Waals surface area contributed by atoms with Gasteiger partial charge in [-0.1, -0.05) is 0 Å². The van der Waals surface area contributed by atoms with E-state index in [1.165, 1.54) is 0 Å². The Morgan fingerprint density at radius 2 is 2.27 bits per heavy atom. The second-order valence-corrected chi connectivity index (χ2v) is 5.65. The molecule has 0 radical (unpaired) electrons. The van der Waals surface area contributed by atoms with Crippen molar-refractivity contribution in [3.63, 3.8) is 0 Å². The SMILES string of the molecule is C[C@@H]1OCC[C@@H]1CS(=O)(=O)Cl. The van der Waals surface area contributed by atoms with Gasteiger partial charge in [0.1, 0.15) is 0 Å². The van der Waals surface area contributed by atoms with Gasteiger partial charge in [0.15, 0.2) is 0 Å². The van der Waals surface area contributed by atoms with Gasteiger partial charge in [-0.25, -0.2) is 8.42 Å². The number of hydrogen-bond acceptors (Lipinski definition) is 3. The van der Waals surface area contributed by atoms with Crippen LogP contribution < -0.4 is 0 Å². The minimum Gasteiger partial charge on any atom is -0.378 e. The summed E-state index contributed by atoms with van der Waals surface area (Å²) < 4.78 is 26.5. The standard InChI is InChI=1S/C6H11ClO3S/c1-5-6(2-3-10-5)4-11(7,8)9/h5-6H,2-4H2,1H3/t5-,6+/m0/s1. The highest BCUT2D eigenvalue weighted by atomic mass is 35.7. The topological polar surface area (TPSA) is 43.4 Å². The van der Waals surface area contributed by atoms with Crippen molar-refractivity contribution >= 4 is 19.7 Å². The zero-order valence-corrected chi connectivity index (χ0v) is 7.86. The molecule has 11 heavy (non-hydrogen) atoms. The molecule has 0 N–H and O–H groups in total. The van der Waals surface area contributed by atoms with Crippen molar-refractivity contribution in [3.05, 3.63) is 0 Å². The van der Waals surface area contributed by atoms with Crippen molar-refractivity contribution in [2.45, 2.75) is 19.4 Å². The van der Waals surface area contributed by atoms with Crippen LogP contribution in [0.3, 0.4) is 0 Å². The molecule has 1 fully saturated rings. The molecule has 0 aromatic carbocycles. The van der Waals surface area contributed by atoms with E-state index in [0.717, 1.165) is 6.42 Å². The summed E-state index contributed by atoms with van der Waals surface area (Å²) in [6, 6.07) is 0. The van der Waals surface area contributed by atoms with E-state index in [1.807, 2.05) is 6.92 Å². The molecule has 3 nitrogen and oxygen atoms in total. The van der Waals surface area contributed by atoms with E-state index in [1.54, 1.807) is 0 Å². The monoisotopic (exact) mass is 198 g/mol. The van der Waals surface area contributed by atoms with Gasteiger partial charge in [-0.05, 0) is 13.3 Å². The lowest BCUT2D eigenvalue weighted by molar-refractivity contribution is 0.110. The number of ether oxygens (including phenoxy) is 1. The highest BCUT2D eigenvalue weighted by Gasteiger charge is 2.28. The van der Waals surface area contributed by atoms with E-state index in [-0.39, 0.29) is 17.8 Å². The fourth-order valence-corrected chi connectivity index (χ4v) is 2.69. The quantitative estimate of drug-likeness (QED) is 0.622. The summed E-state index contributed by atoms with van der Waals surface area (Å²) in [5.41, 5.74) is 0. The molecule has 0 spiro atoms. The summed E-state index contributed by atoms with van der Waals surface area (Å²) in [4.78, 5) is 0. The molecule has 1 aliphatic heterocycles. The first-order valence-electron chi connectivity index (χ1n) is 3.53. The highest BCUT2D eigenvalue weighted by Crippen LogP contribution is 2.22. The van der Waals surface area contributed by atoms with Crippen LogP contribution in [0.1, 0.15) is 13.3 Å². The third-order valence-electron chi connectivity index (χ3n) is 1.95. The summed E-state index contributed by atoms with van der Waals surface area (Å²) in [7, 11) is 1.75. The van der Waals surface area contributed by atoms with Crippen LogP contribution >= 0.6 is 10.7 Å². The molecule has 0 aromatic heterocycles. The summed E-state index contributed by atoms with van der Waals surface area (Å²) in [5.74, 6) is 0.118. The first-order valence-corrected chi connectivity index (χ1v) is 6.01. The Morgan fingerprint density at radius 3 is 2.64 bits per heavy atom. The molecule has 66 valence electrons. The maximum atomic E-state index is 10.6. The van der Waals surface area contributed by atoms with Gasteiger partial charge < -0.3 is 4.74 Å². The van der Waals surface area contributed by atoms with Crippen LogP contribution in [-0.4, -0.2) is 26.9 Å². The van der Waals surface area contributed by atoms with E-state index in [2.05, 4.69) is 0 Å². The van der Waals surface area contributed by atoms with Crippen molar-refractivity contribution in [1.29, 1.82) is 0 Å². The van der Waals surface area contributed by atoms with Crippen LogP contribution in [0.2, 0.25) is 0 Å². The molecular formula is C6H11ClO3S. The molecule has 0 unspecified atom stereocenters. The molecule has 2 atom stereocenters. The van der Waals surface area contributed by atoms with E-state index < -0.39 is 9.05 Å². The minimum atomic E-state index is -3.35. The van der Waals surface area contributed by atoms with Crippen LogP contribution in [0.5, 0.6) is 0 Å². The van der Waals surface area contributed by atoms with Gasteiger partial charge >= 0.3 is 0 Å². The van der Waals surface area contributed by atoms with Crippen molar-refractivity contribution < 1.29 is 13.2 Å². The van der Waals surface area contributed by atoms with Gasteiger partial charge in [0.25, 0.3) is 0 Å². The summed E-state index contributed by atoms with van der Waals surface area (Å²) in [6.45, 7) is 2.53. The second kappa shape index (κ2) is 3.29. The maximum absolute atomic E-state index is 10.6. The predicted molar refractivity (Wildman–Crippen MR) is 43.2 cm³/mol. The Labute approximate surface area is 71.1 Å². The van der Waals surface area contributed by atoms with E-state index >= 15 is 0 Å². The number of hydrogen-bond donors (Lipinski definition) is 0. The van der Waals surface area contributed by atoms with Gasteiger partial charge in [-0.15, -0.1) is 0 Å². The Bertz CT molecular complexity index is 224. The minimum absolute atomic E-state index is 0.0310. The fraction of sp³-hybridized carbons (Fsp3) is 1.00. The van der Waals surface area contributed by atoms with Gasteiger partial charge in [0, 0.05) is 23.2 Å². The van der Waals surface area contributed by atoms with Crippen molar-refractivity contribution in [2.24, 2.45) is 5.92 Å². The first-order chi connectivity index (χ1) is 4.99. The molecule has 1 rings (SSSR count). The number of halogens is 1. The molecule has 0 bridgehead atoms. The lowest BCUT2D eigenvalue weighted by Crippen LogP contribution is -2.18. The third kappa shape index (κ3) is 2.97. The molecule has 0 aromatic rings. The predicted octanol–water partition coefficient (Wildman–Crippen LogP) is 0.980. The Balaban J connectivity index is 2.50. The van der Waals surface area contributed by atoms with Crippen LogP contribution in [-0.2, 0) is 13.8 Å². The summed E-state index contributed by atoms with van der Waals surface area (Å²) in [6.07, 6.45) is 0.830. The Hall–Kier alpha value is 0.200. The van der Waals surface area contributed by atoms with Crippen molar-refractivity contribution in [2.75, 3.05) is 12.4 Å². The second-order valence-electron chi connectivity index (χ2n) is 2.83. The zero-order chi connectivity index (χ0) is 8.48. The van der Waals surface area contributed by atoms with Crippen molar-refractivity contribution in [1.82, 2.24) is 0 Å². The summed E-state index contributed by atoms with van der Waals surface area (Å²) >= 11 is 0. The average molecular weight is 199 g/mol. The molecule has 1 saturated heterocycles. The van der Waals surface area contributed by atoms with Gasteiger partial charge in [-0.3, -0.25) is 0 Å².